The van der Waals surface area contributed by atoms with E-state index in [2.05, 4.69) is 0 Å². The largest absolute Gasteiger partial charge is 0.389 e. The van der Waals surface area contributed by atoms with Crippen molar-refractivity contribution < 1.29 is 14.6 Å². The fourth-order valence-corrected chi connectivity index (χ4v) is 1.82. The van der Waals surface area contributed by atoms with Gasteiger partial charge in [-0.25, -0.2) is 0 Å². The summed E-state index contributed by atoms with van der Waals surface area (Å²) in [4.78, 5) is 13.3. The number of β-amino-alcohol motifs (C(OH)–C–C–N with tert-alkyl or cyclic N) is 1. The number of rotatable bonds is 1. The lowest BCUT2D eigenvalue weighted by molar-refractivity contribution is -0.152. The van der Waals surface area contributed by atoms with E-state index in [4.69, 9.17) is 9.84 Å². The number of hydrogen-bond acceptors (Lipinski definition) is 3. The third kappa shape index (κ3) is 1.69. The lowest BCUT2D eigenvalue weighted by Gasteiger charge is -2.37. The molecule has 0 aromatic heterocycles. The summed E-state index contributed by atoms with van der Waals surface area (Å²) in [5, 5.41) is 9.03. The molecule has 0 aromatic rings. The summed E-state index contributed by atoms with van der Waals surface area (Å²) >= 11 is 0. The SMILES string of the molecule is CC1CCC(C(=O)N2CC(O)C2)O1. The highest BCUT2D eigenvalue weighted by molar-refractivity contribution is 5.82. The molecule has 2 saturated heterocycles. The average molecular weight is 185 g/mol. The van der Waals surface area contributed by atoms with E-state index in [9.17, 15) is 4.79 Å². The maximum atomic E-state index is 11.6. The van der Waals surface area contributed by atoms with Crippen LogP contribution in [0.25, 0.3) is 0 Å². The van der Waals surface area contributed by atoms with Gasteiger partial charge >= 0.3 is 0 Å². The van der Waals surface area contributed by atoms with Crippen LogP contribution in [0.3, 0.4) is 0 Å². The van der Waals surface area contributed by atoms with E-state index in [0.29, 0.717) is 13.1 Å². The van der Waals surface area contributed by atoms with E-state index in [0.717, 1.165) is 12.8 Å². The first-order valence-electron chi connectivity index (χ1n) is 4.79. The molecule has 4 heteroatoms. The zero-order valence-electron chi connectivity index (χ0n) is 7.77. The molecule has 74 valence electrons. The van der Waals surface area contributed by atoms with Gasteiger partial charge in [-0.05, 0) is 19.8 Å². The molecule has 2 atom stereocenters. The Labute approximate surface area is 77.5 Å². The van der Waals surface area contributed by atoms with Crippen LogP contribution < -0.4 is 0 Å². The molecule has 1 amide bonds. The van der Waals surface area contributed by atoms with Gasteiger partial charge in [0, 0.05) is 13.1 Å². The van der Waals surface area contributed by atoms with Gasteiger partial charge in [-0.3, -0.25) is 4.79 Å². The zero-order valence-corrected chi connectivity index (χ0v) is 7.77. The minimum absolute atomic E-state index is 0.0506. The minimum Gasteiger partial charge on any atom is -0.389 e. The minimum atomic E-state index is -0.317. The molecule has 2 aliphatic heterocycles. The summed E-state index contributed by atoms with van der Waals surface area (Å²) in [5.74, 6) is 0.0506. The highest BCUT2D eigenvalue weighted by Crippen LogP contribution is 2.22. The van der Waals surface area contributed by atoms with E-state index < -0.39 is 0 Å². The smallest absolute Gasteiger partial charge is 0.251 e. The standard InChI is InChI=1S/C9H15NO3/c1-6-2-3-8(13-6)9(12)10-4-7(11)5-10/h6-8,11H,2-5H2,1H3. The Balaban J connectivity index is 1.84. The second kappa shape index (κ2) is 3.27. The van der Waals surface area contributed by atoms with Crippen molar-refractivity contribution in [2.24, 2.45) is 0 Å². The van der Waals surface area contributed by atoms with Gasteiger partial charge in [-0.1, -0.05) is 0 Å². The first-order valence-corrected chi connectivity index (χ1v) is 4.79. The Morgan fingerprint density at radius 3 is 2.62 bits per heavy atom. The average Bonchev–Trinajstić information content (AvgIpc) is 2.45. The molecule has 1 N–H and O–H groups in total. The van der Waals surface area contributed by atoms with E-state index in [1.807, 2.05) is 6.92 Å². The van der Waals surface area contributed by atoms with Crippen molar-refractivity contribution >= 4 is 5.91 Å². The van der Waals surface area contributed by atoms with Gasteiger partial charge in [0.05, 0.1) is 12.2 Å². The van der Waals surface area contributed by atoms with Crippen LogP contribution >= 0.6 is 0 Å². The highest BCUT2D eigenvalue weighted by atomic mass is 16.5. The number of aliphatic hydroxyl groups is 1. The lowest BCUT2D eigenvalue weighted by atomic mass is 10.1. The second-order valence-corrected chi connectivity index (χ2v) is 3.91. The molecular weight excluding hydrogens is 170 g/mol. The molecule has 2 heterocycles. The number of carbonyl (C=O) groups is 1. The van der Waals surface area contributed by atoms with Crippen LogP contribution in [0.4, 0.5) is 0 Å². The van der Waals surface area contributed by atoms with Crippen molar-refractivity contribution in [1.82, 2.24) is 4.90 Å². The van der Waals surface area contributed by atoms with Crippen molar-refractivity contribution in [2.75, 3.05) is 13.1 Å². The third-order valence-corrected chi connectivity index (χ3v) is 2.68. The van der Waals surface area contributed by atoms with Crippen LogP contribution in [0.5, 0.6) is 0 Å². The summed E-state index contributed by atoms with van der Waals surface area (Å²) in [6, 6.07) is 0. The van der Waals surface area contributed by atoms with E-state index in [1.54, 1.807) is 4.90 Å². The van der Waals surface area contributed by atoms with E-state index in [-0.39, 0.29) is 24.2 Å². The first-order chi connectivity index (χ1) is 6.16. The topological polar surface area (TPSA) is 49.8 Å². The number of hydrogen-bond donors (Lipinski definition) is 1. The molecule has 2 fully saturated rings. The Morgan fingerprint density at radius 1 is 1.46 bits per heavy atom. The number of carbonyl (C=O) groups excluding carboxylic acids is 1. The molecular formula is C9H15NO3. The molecule has 4 nitrogen and oxygen atoms in total. The normalized spacial score (nSPS) is 34.8. The Kier molecular flexibility index (Phi) is 2.26. The molecule has 0 aromatic carbocycles. The van der Waals surface area contributed by atoms with Crippen molar-refractivity contribution in [3.63, 3.8) is 0 Å². The Bertz CT molecular complexity index is 213. The van der Waals surface area contributed by atoms with Crippen LogP contribution in [0.1, 0.15) is 19.8 Å². The summed E-state index contributed by atoms with van der Waals surface area (Å²) in [7, 11) is 0. The lowest BCUT2D eigenvalue weighted by Crippen LogP contribution is -2.56. The van der Waals surface area contributed by atoms with Crippen LogP contribution in [-0.2, 0) is 9.53 Å². The number of aliphatic hydroxyl groups excluding tert-OH is 1. The van der Waals surface area contributed by atoms with Crippen molar-refractivity contribution in [2.45, 2.75) is 38.1 Å². The monoisotopic (exact) mass is 185 g/mol. The third-order valence-electron chi connectivity index (χ3n) is 2.68. The second-order valence-electron chi connectivity index (χ2n) is 3.91. The molecule has 2 rings (SSSR count). The number of nitrogens with zero attached hydrogens (tertiary/aromatic N) is 1. The van der Waals surface area contributed by atoms with Gasteiger partial charge in [-0.2, -0.15) is 0 Å². The maximum absolute atomic E-state index is 11.6. The van der Waals surface area contributed by atoms with Gasteiger partial charge in [0.25, 0.3) is 5.91 Å². The predicted octanol–water partition coefficient (Wildman–Crippen LogP) is -0.243. The molecule has 13 heavy (non-hydrogen) atoms. The fourth-order valence-electron chi connectivity index (χ4n) is 1.82. The fraction of sp³-hybridized carbons (Fsp3) is 0.889. The summed E-state index contributed by atoms with van der Waals surface area (Å²) < 4.78 is 5.44. The number of ether oxygens (including phenoxy) is 1. The maximum Gasteiger partial charge on any atom is 0.251 e. The summed E-state index contributed by atoms with van der Waals surface area (Å²) in [5.41, 5.74) is 0. The van der Waals surface area contributed by atoms with Gasteiger partial charge in [0.2, 0.25) is 0 Å². The van der Waals surface area contributed by atoms with E-state index >= 15 is 0 Å². The zero-order chi connectivity index (χ0) is 9.42. The van der Waals surface area contributed by atoms with Crippen molar-refractivity contribution in [3.05, 3.63) is 0 Å². The molecule has 0 bridgehead atoms. The van der Waals surface area contributed by atoms with Crippen LogP contribution in [-0.4, -0.2) is 47.3 Å². The quantitative estimate of drug-likeness (QED) is 0.613. The Morgan fingerprint density at radius 2 is 2.15 bits per heavy atom. The van der Waals surface area contributed by atoms with Gasteiger partial charge in [0.1, 0.15) is 6.10 Å². The molecule has 0 saturated carbocycles. The van der Waals surface area contributed by atoms with Crippen LogP contribution in [0.2, 0.25) is 0 Å². The summed E-state index contributed by atoms with van der Waals surface area (Å²) in [6.45, 7) is 2.94. The van der Waals surface area contributed by atoms with Gasteiger partial charge < -0.3 is 14.7 Å². The molecule has 2 aliphatic rings. The molecule has 0 radical (unpaired) electrons. The number of likely N-dealkylation sites (tertiary alicyclic amines) is 1. The first kappa shape index (κ1) is 8.97. The Hall–Kier alpha value is -0.610. The number of amides is 1. The van der Waals surface area contributed by atoms with Crippen molar-refractivity contribution in [3.8, 4) is 0 Å². The molecule has 2 unspecified atom stereocenters. The van der Waals surface area contributed by atoms with Gasteiger partial charge in [-0.15, -0.1) is 0 Å². The summed E-state index contributed by atoms with van der Waals surface area (Å²) in [6.07, 6.45) is 1.43. The highest BCUT2D eigenvalue weighted by Gasteiger charge is 2.36. The molecule has 0 spiro atoms. The predicted molar refractivity (Wildman–Crippen MR) is 46.2 cm³/mol. The van der Waals surface area contributed by atoms with E-state index in [1.165, 1.54) is 0 Å². The van der Waals surface area contributed by atoms with Gasteiger partial charge in [0.15, 0.2) is 0 Å². The van der Waals surface area contributed by atoms with Crippen molar-refractivity contribution in [1.29, 1.82) is 0 Å². The van der Waals surface area contributed by atoms with Crippen LogP contribution in [0, 0.1) is 0 Å². The molecule has 0 aliphatic carbocycles. The van der Waals surface area contributed by atoms with Crippen LogP contribution in [0.15, 0.2) is 0 Å².